The molecule has 0 fully saturated rings. The van der Waals surface area contributed by atoms with E-state index in [0.29, 0.717) is 24.3 Å². The fourth-order valence-electron chi connectivity index (χ4n) is 1.72. The van der Waals surface area contributed by atoms with Crippen LogP contribution < -0.4 is 4.74 Å². The molecular weight excluding hydrogens is 262 g/mol. The van der Waals surface area contributed by atoms with Crippen LogP contribution in [0, 0.1) is 0 Å². The minimum absolute atomic E-state index is 0.0422. The van der Waals surface area contributed by atoms with E-state index in [2.05, 4.69) is 0 Å². The number of aliphatic hydroxyl groups is 1. The molecule has 0 radical (unpaired) electrons. The van der Waals surface area contributed by atoms with Gasteiger partial charge in [0.25, 0.3) is 5.91 Å². The molecule has 0 aliphatic heterocycles. The van der Waals surface area contributed by atoms with Gasteiger partial charge in [-0.1, -0.05) is 0 Å². The van der Waals surface area contributed by atoms with E-state index in [0.717, 1.165) is 0 Å². The molecule has 110 valence electrons. The van der Waals surface area contributed by atoms with Crippen LogP contribution in [0.4, 0.5) is 0 Å². The number of nitrogens with zero attached hydrogens (tertiary/aromatic N) is 1. The molecule has 0 spiro atoms. The van der Waals surface area contributed by atoms with Gasteiger partial charge in [0.2, 0.25) is 0 Å². The Morgan fingerprint density at radius 1 is 1.20 bits per heavy atom. The van der Waals surface area contributed by atoms with Crippen molar-refractivity contribution in [3.63, 3.8) is 0 Å². The molecule has 0 unspecified atom stereocenters. The van der Waals surface area contributed by atoms with Gasteiger partial charge in [-0.15, -0.1) is 0 Å². The van der Waals surface area contributed by atoms with Crippen molar-refractivity contribution in [3.05, 3.63) is 29.8 Å². The standard InChI is InChI=1S/C14H19NO5/c1-20-12-5-3-11(4-6-12)14(19)15(8-2-10-16)9-7-13(17)18/h3-6,16H,2,7-10H2,1H3,(H,17,18). The van der Waals surface area contributed by atoms with E-state index in [-0.39, 0.29) is 25.5 Å². The van der Waals surface area contributed by atoms with Crippen LogP contribution >= 0.6 is 0 Å². The number of methoxy groups -OCH3 is 1. The van der Waals surface area contributed by atoms with Gasteiger partial charge in [0.15, 0.2) is 0 Å². The van der Waals surface area contributed by atoms with Gasteiger partial charge >= 0.3 is 5.97 Å². The van der Waals surface area contributed by atoms with Gasteiger partial charge in [0, 0.05) is 25.3 Å². The number of carboxylic acids is 1. The Morgan fingerprint density at radius 2 is 1.85 bits per heavy atom. The number of hydrogen-bond donors (Lipinski definition) is 2. The lowest BCUT2D eigenvalue weighted by Crippen LogP contribution is -2.34. The summed E-state index contributed by atoms with van der Waals surface area (Å²) in [6.07, 6.45) is 0.300. The summed E-state index contributed by atoms with van der Waals surface area (Å²) in [4.78, 5) is 24.3. The Kier molecular flexibility index (Phi) is 6.52. The lowest BCUT2D eigenvalue weighted by atomic mass is 10.1. The van der Waals surface area contributed by atoms with E-state index in [1.807, 2.05) is 0 Å². The number of aliphatic carboxylic acids is 1. The molecule has 0 bridgehead atoms. The number of amides is 1. The molecule has 2 N–H and O–H groups in total. The quantitative estimate of drug-likeness (QED) is 0.742. The highest BCUT2D eigenvalue weighted by atomic mass is 16.5. The molecule has 0 aliphatic carbocycles. The maximum Gasteiger partial charge on any atom is 0.305 e. The second-order valence-corrected chi connectivity index (χ2v) is 4.24. The average Bonchev–Trinajstić information content (AvgIpc) is 2.46. The lowest BCUT2D eigenvalue weighted by molar-refractivity contribution is -0.137. The molecule has 1 aromatic rings. The van der Waals surface area contributed by atoms with Crippen molar-refractivity contribution in [2.75, 3.05) is 26.8 Å². The van der Waals surface area contributed by atoms with Gasteiger partial charge in [-0.3, -0.25) is 9.59 Å². The molecule has 0 saturated carbocycles. The number of ether oxygens (including phenoxy) is 1. The summed E-state index contributed by atoms with van der Waals surface area (Å²) in [5.41, 5.74) is 0.467. The minimum Gasteiger partial charge on any atom is -0.497 e. The maximum atomic E-state index is 12.3. The topological polar surface area (TPSA) is 87.1 Å². The molecule has 20 heavy (non-hydrogen) atoms. The van der Waals surface area contributed by atoms with Crippen LogP contribution in [0.15, 0.2) is 24.3 Å². The summed E-state index contributed by atoms with van der Waals surface area (Å²) in [6, 6.07) is 6.62. The van der Waals surface area contributed by atoms with Crippen molar-refractivity contribution in [1.29, 1.82) is 0 Å². The normalized spacial score (nSPS) is 10.1. The van der Waals surface area contributed by atoms with Gasteiger partial charge < -0.3 is 19.8 Å². The van der Waals surface area contributed by atoms with Gasteiger partial charge in [-0.2, -0.15) is 0 Å². The fraction of sp³-hybridized carbons (Fsp3) is 0.429. The van der Waals surface area contributed by atoms with Crippen molar-refractivity contribution < 1.29 is 24.5 Å². The summed E-state index contributed by atoms with van der Waals surface area (Å²) < 4.78 is 5.02. The molecule has 1 aromatic carbocycles. The highest BCUT2D eigenvalue weighted by Gasteiger charge is 2.16. The van der Waals surface area contributed by atoms with E-state index < -0.39 is 5.97 Å². The third-order valence-corrected chi connectivity index (χ3v) is 2.81. The molecule has 0 atom stereocenters. The van der Waals surface area contributed by atoms with E-state index in [9.17, 15) is 9.59 Å². The lowest BCUT2D eigenvalue weighted by Gasteiger charge is -2.21. The van der Waals surface area contributed by atoms with Gasteiger partial charge in [-0.05, 0) is 30.7 Å². The number of carbonyl (C=O) groups excluding carboxylic acids is 1. The second kappa shape index (κ2) is 8.16. The zero-order valence-electron chi connectivity index (χ0n) is 11.4. The number of carbonyl (C=O) groups is 2. The molecular formula is C14H19NO5. The van der Waals surface area contributed by atoms with Crippen LogP contribution in [0.2, 0.25) is 0 Å². The van der Waals surface area contributed by atoms with E-state index >= 15 is 0 Å². The zero-order chi connectivity index (χ0) is 15.0. The maximum absolute atomic E-state index is 12.3. The summed E-state index contributed by atoms with van der Waals surface area (Å²) in [5.74, 6) is -0.558. The van der Waals surface area contributed by atoms with Crippen LogP contribution in [0.1, 0.15) is 23.2 Å². The molecule has 1 amide bonds. The number of aliphatic hydroxyl groups excluding tert-OH is 1. The number of hydrogen-bond acceptors (Lipinski definition) is 4. The van der Waals surface area contributed by atoms with Crippen LogP contribution in [0.3, 0.4) is 0 Å². The predicted molar refractivity (Wildman–Crippen MR) is 72.9 cm³/mol. The van der Waals surface area contributed by atoms with E-state index in [4.69, 9.17) is 14.9 Å². The SMILES string of the molecule is COc1ccc(C(=O)N(CCCO)CCC(=O)O)cc1. The molecule has 1 rings (SSSR count). The van der Waals surface area contributed by atoms with Gasteiger partial charge in [-0.25, -0.2) is 0 Å². The molecule has 6 heteroatoms. The van der Waals surface area contributed by atoms with Crippen molar-refractivity contribution >= 4 is 11.9 Å². The Hall–Kier alpha value is -2.08. The Morgan fingerprint density at radius 3 is 2.35 bits per heavy atom. The predicted octanol–water partition coefficient (Wildman–Crippen LogP) is 0.994. The zero-order valence-corrected chi connectivity index (χ0v) is 11.4. The summed E-state index contributed by atoms with van der Waals surface area (Å²) in [6.45, 7) is 0.411. The summed E-state index contributed by atoms with van der Waals surface area (Å²) >= 11 is 0. The molecule has 0 aromatic heterocycles. The van der Waals surface area contributed by atoms with Crippen LogP contribution in [-0.2, 0) is 4.79 Å². The third-order valence-electron chi connectivity index (χ3n) is 2.81. The number of rotatable bonds is 8. The molecule has 0 saturated heterocycles. The van der Waals surface area contributed by atoms with Crippen molar-refractivity contribution in [2.24, 2.45) is 0 Å². The van der Waals surface area contributed by atoms with Gasteiger partial charge in [0.05, 0.1) is 13.5 Å². The van der Waals surface area contributed by atoms with Crippen molar-refractivity contribution in [3.8, 4) is 5.75 Å². The second-order valence-electron chi connectivity index (χ2n) is 4.24. The number of carboxylic acid groups (broad SMARTS) is 1. The largest absolute Gasteiger partial charge is 0.497 e. The van der Waals surface area contributed by atoms with Crippen LogP contribution in [0.5, 0.6) is 5.75 Å². The first-order valence-electron chi connectivity index (χ1n) is 6.34. The summed E-state index contributed by atoms with van der Waals surface area (Å²) in [5, 5.41) is 17.5. The number of benzene rings is 1. The minimum atomic E-state index is -0.957. The molecule has 0 heterocycles. The smallest absolute Gasteiger partial charge is 0.305 e. The highest BCUT2D eigenvalue weighted by molar-refractivity contribution is 5.94. The van der Waals surface area contributed by atoms with Crippen molar-refractivity contribution in [2.45, 2.75) is 12.8 Å². The van der Waals surface area contributed by atoms with Gasteiger partial charge in [0.1, 0.15) is 5.75 Å². The Balaban J connectivity index is 2.76. The fourth-order valence-corrected chi connectivity index (χ4v) is 1.72. The van der Waals surface area contributed by atoms with E-state index in [1.165, 1.54) is 12.0 Å². The molecule has 0 aliphatic rings. The Labute approximate surface area is 117 Å². The Bertz CT molecular complexity index is 443. The van der Waals surface area contributed by atoms with Crippen molar-refractivity contribution in [1.82, 2.24) is 4.90 Å². The van der Waals surface area contributed by atoms with E-state index in [1.54, 1.807) is 24.3 Å². The molecule has 6 nitrogen and oxygen atoms in total. The third kappa shape index (κ3) is 4.89. The average molecular weight is 281 g/mol. The first-order chi connectivity index (χ1) is 9.58. The highest BCUT2D eigenvalue weighted by Crippen LogP contribution is 2.13. The van der Waals surface area contributed by atoms with Crippen LogP contribution in [-0.4, -0.2) is 53.8 Å². The first kappa shape index (κ1) is 16.0. The summed E-state index contributed by atoms with van der Waals surface area (Å²) in [7, 11) is 1.54. The van der Waals surface area contributed by atoms with Crippen LogP contribution in [0.25, 0.3) is 0 Å². The first-order valence-corrected chi connectivity index (χ1v) is 6.34. The monoisotopic (exact) mass is 281 g/mol.